The van der Waals surface area contributed by atoms with E-state index in [0.29, 0.717) is 28.6 Å². The van der Waals surface area contributed by atoms with E-state index in [-0.39, 0.29) is 12.0 Å². The minimum atomic E-state index is -0.707. The number of hydrogen-bond acceptors (Lipinski definition) is 5. The molecule has 0 bridgehead atoms. The van der Waals surface area contributed by atoms with Crippen molar-refractivity contribution in [2.24, 2.45) is 0 Å². The van der Waals surface area contributed by atoms with E-state index < -0.39 is 5.79 Å². The molecule has 0 spiro atoms. The molecule has 29 heavy (non-hydrogen) atoms. The molecule has 3 aromatic rings. The molecule has 6 heteroatoms. The zero-order valence-corrected chi connectivity index (χ0v) is 16.5. The van der Waals surface area contributed by atoms with E-state index in [1.165, 1.54) is 6.20 Å². The summed E-state index contributed by atoms with van der Waals surface area (Å²) in [6.45, 7) is 5.62. The topological polar surface area (TPSA) is 69.7 Å². The van der Waals surface area contributed by atoms with Crippen LogP contribution in [0.3, 0.4) is 0 Å². The summed E-state index contributed by atoms with van der Waals surface area (Å²) in [6.07, 6.45) is 1.36. The van der Waals surface area contributed by atoms with Crippen LogP contribution in [-0.2, 0) is 0 Å². The highest BCUT2D eigenvalue weighted by atomic mass is 16.7. The van der Waals surface area contributed by atoms with Gasteiger partial charge in [-0.2, -0.15) is 0 Å². The summed E-state index contributed by atoms with van der Waals surface area (Å²) in [5, 5.41) is 2.85. The van der Waals surface area contributed by atoms with Crippen LogP contribution in [0.15, 0.2) is 66.9 Å². The van der Waals surface area contributed by atoms with Crippen molar-refractivity contribution >= 4 is 11.6 Å². The van der Waals surface area contributed by atoms with Crippen molar-refractivity contribution in [3.05, 3.63) is 78.0 Å². The van der Waals surface area contributed by atoms with Gasteiger partial charge in [0.25, 0.3) is 5.91 Å². The molecule has 0 saturated heterocycles. The van der Waals surface area contributed by atoms with Crippen molar-refractivity contribution in [1.29, 1.82) is 0 Å². The smallest absolute Gasteiger partial charge is 0.257 e. The first-order valence-corrected chi connectivity index (χ1v) is 9.41. The third-order valence-electron chi connectivity index (χ3n) is 4.48. The van der Waals surface area contributed by atoms with Crippen LogP contribution in [0.25, 0.3) is 0 Å². The average Bonchev–Trinajstić information content (AvgIpc) is 3.02. The fourth-order valence-corrected chi connectivity index (χ4v) is 3.06. The summed E-state index contributed by atoms with van der Waals surface area (Å²) in [5.41, 5.74) is 2.11. The molecule has 4 rings (SSSR count). The predicted molar refractivity (Wildman–Crippen MR) is 109 cm³/mol. The van der Waals surface area contributed by atoms with Gasteiger partial charge in [0.15, 0.2) is 11.5 Å². The third-order valence-corrected chi connectivity index (χ3v) is 4.48. The number of fused-ring (bicyclic) bond motifs is 1. The fraction of sp³-hybridized carbons (Fsp3) is 0.217. The summed E-state index contributed by atoms with van der Waals surface area (Å²) in [6, 6.07) is 18.6. The van der Waals surface area contributed by atoms with E-state index in [1.807, 2.05) is 51.1 Å². The van der Waals surface area contributed by atoms with Gasteiger partial charge in [0.05, 0.1) is 5.56 Å². The summed E-state index contributed by atoms with van der Waals surface area (Å²) >= 11 is 0. The van der Waals surface area contributed by atoms with Gasteiger partial charge in [-0.1, -0.05) is 30.3 Å². The van der Waals surface area contributed by atoms with Crippen LogP contribution in [-0.4, -0.2) is 16.7 Å². The van der Waals surface area contributed by atoms with E-state index in [2.05, 4.69) is 10.3 Å². The second-order valence-corrected chi connectivity index (χ2v) is 7.28. The van der Waals surface area contributed by atoms with E-state index in [0.717, 1.165) is 5.56 Å². The number of carbonyl (C=O) groups is 1. The first-order chi connectivity index (χ1) is 13.9. The van der Waals surface area contributed by atoms with Gasteiger partial charge < -0.3 is 19.5 Å². The zero-order chi connectivity index (χ0) is 20.4. The van der Waals surface area contributed by atoms with Crippen molar-refractivity contribution in [3.63, 3.8) is 0 Å². The molecule has 1 atom stereocenters. The molecule has 1 aliphatic heterocycles. The Morgan fingerprint density at radius 1 is 1.03 bits per heavy atom. The quantitative estimate of drug-likeness (QED) is 0.665. The molecular weight excluding hydrogens is 368 g/mol. The van der Waals surface area contributed by atoms with Crippen molar-refractivity contribution in [1.82, 2.24) is 4.98 Å². The Labute approximate surface area is 169 Å². The lowest BCUT2D eigenvalue weighted by Crippen LogP contribution is -2.29. The minimum absolute atomic E-state index is 0.138. The molecule has 0 radical (unpaired) electrons. The second-order valence-electron chi connectivity index (χ2n) is 7.28. The molecule has 2 aromatic carbocycles. The fourth-order valence-electron chi connectivity index (χ4n) is 3.06. The van der Waals surface area contributed by atoms with Gasteiger partial charge in [0, 0.05) is 37.9 Å². The number of ether oxygens (including phenoxy) is 3. The van der Waals surface area contributed by atoms with Crippen molar-refractivity contribution in [2.45, 2.75) is 32.7 Å². The van der Waals surface area contributed by atoms with Gasteiger partial charge in [-0.05, 0) is 30.7 Å². The Hall–Kier alpha value is -3.54. The lowest BCUT2D eigenvalue weighted by Gasteiger charge is -2.16. The monoisotopic (exact) mass is 390 g/mol. The van der Waals surface area contributed by atoms with Crippen LogP contribution < -0.4 is 19.5 Å². The first-order valence-electron chi connectivity index (χ1n) is 9.41. The number of hydrogen-bond donors (Lipinski definition) is 1. The number of nitrogens with zero attached hydrogens (tertiary/aromatic N) is 1. The third kappa shape index (κ3) is 4.32. The molecule has 0 fully saturated rings. The molecule has 148 valence electrons. The number of aromatic nitrogens is 1. The molecule has 6 nitrogen and oxygen atoms in total. The Bertz CT molecular complexity index is 1020. The maximum absolute atomic E-state index is 12.5. The maximum atomic E-state index is 12.5. The first kappa shape index (κ1) is 18.8. The molecule has 0 saturated carbocycles. The lowest BCUT2D eigenvalue weighted by atomic mass is 10.1. The normalized spacial score (nSPS) is 14.9. The number of amides is 1. The molecule has 1 aliphatic rings. The zero-order valence-electron chi connectivity index (χ0n) is 16.5. The van der Waals surface area contributed by atoms with Crippen molar-refractivity contribution in [3.8, 4) is 17.4 Å². The number of nitrogens with one attached hydrogen (secondary N) is 1. The Balaban J connectivity index is 1.40. The van der Waals surface area contributed by atoms with E-state index >= 15 is 0 Å². The number of carbonyl (C=O) groups excluding carboxylic acids is 1. The van der Waals surface area contributed by atoms with Crippen LogP contribution in [0, 0.1) is 0 Å². The summed E-state index contributed by atoms with van der Waals surface area (Å²) in [7, 11) is 0. The lowest BCUT2D eigenvalue weighted by molar-refractivity contribution is -0.0431. The van der Waals surface area contributed by atoms with Gasteiger partial charge in [0.2, 0.25) is 11.7 Å². The van der Waals surface area contributed by atoms with Crippen LogP contribution in [0.5, 0.6) is 17.4 Å². The molecule has 1 N–H and O–H groups in total. The van der Waals surface area contributed by atoms with E-state index in [9.17, 15) is 4.79 Å². The van der Waals surface area contributed by atoms with Gasteiger partial charge in [-0.15, -0.1) is 0 Å². The number of rotatable bonds is 5. The van der Waals surface area contributed by atoms with Crippen molar-refractivity contribution < 1.29 is 19.0 Å². The van der Waals surface area contributed by atoms with Crippen LogP contribution in [0.4, 0.5) is 5.69 Å². The standard InChI is InChI=1S/C23H22N2O4/c1-15(16-7-5-4-6-8-16)27-21-12-9-17(14-24-21)22(26)25-18-10-11-19-20(13-18)29-23(2,3)28-19/h4-15H,1-3H3,(H,25,26)/t15-/m1/s1. The molecule has 1 aromatic heterocycles. The highest BCUT2D eigenvalue weighted by Gasteiger charge is 2.31. The Morgan fingerprint density at radius 2 is 1.79 bits per heavy atom. The summed E-state index contributed by atoms with van der Waals surface area (Å²) < 4.78 is 17.2. The van der Waals surface area contributed by atoms with Crippen LogP contribution in [0.2, 0.25) is 0 Å². The maximum Gasteiger partial charge on any atom is 0.257 e. The predicted octanol–water partition coefficient (Wildman–Crippen LogP) is 4.98. The van der Waals surface area contributed by atoms with Gasteiger partial charge >= 0.3 is 0 Å². The number of benzene rings is 2. The van der Waals surface area contributed by atoms with Gasteiger partial charge in [0.1, 0.15) is 6.10 Å². The minimum Gasteiger partial charge on any atom is -0.470 e. The van der Waals surface area contributed by atoms with Gasteiger partial charge in [-0.25, -0.2) is 4.98 Å². The Morgan fingerprint density at radius 3 is 2.52 bits per heavy atom. The molecule has 2 heterocycles. The highest BCUT2D eigenvalue weighted by molar-refractivity contribution is 6.04. The van der Waals surface area contributed by atoms with E-state index in [1.54, 1.807) is 30.3 Å². The van der Waals surface area contributed by atoms with E-state index in [4.69, 9.17) is 14.2 Å². The molecule has 1 amide bonds. The molecular formula is C23H22N2O4. The van der Waals surface area contributed by atoms with Crippen LogP contribution >= 0.6 is 0 Å². The Kier molecular flexibility index (Phi) is 4.84. The molecule has 0 aliphatic carbocycles. The summed E-state index contributed by atoms with van der Waals surface area (Å²) in [5.74, 6) is 0.747. The van der Waals surface area contributed by atoms with Crippen LogP contribution in [0.1, 0.15) is 42.8 Å². The second kappa shape index (κ2) is 7.47. The SMILES string of the molecule is C[C@@H](Oc1ccc(C(=O)Nc2ccc3c(c2)OC(C)(C)O3)cn1)c1ccccc1. The molecule has 0 unspecified atom stereocenters. The van der Waals surface area contributed by atoms with Gasteiger partial charge in [-0.3, -0.25) is 4.79 Å². The average molecular weight is 390 g/mol. The largest absolute Gasteiger partial charge is 0.470 e. The highest BCUT2D eigenvalue weighted by Crippen LogP contribution is 2.40. The number of pyridine rings is 1. The summed E-state index contributed by atoms with van der Waals surface area (Å²) in [4.78, 5) is 16.8. The number of anilines is 1. The van der Waals surface area contributed by atoms with Crippen molar-refractivity contribution in [2.75, 3.05) is 5.32 Å².